The molecule has 0 aromatic carbocycles. The lowest BCUT2D eigenvalue weighted by molar-refractivity contribution is -0.528. The Bertz CT molecular complexity index is 356. The van der Waals surface area contributed by atoms with Crippen molar-refractivity contribution in [3.63, 3.8) is 0 Å². The lowest BCUT2D eigenvalue weighted by Gasteiger charge is -2.20. The molecule has 0 heterocycles. The van der Waals surface area contributed by atoms with Crippen LogP contribution in [0.15, 0.2) is 23.9 Å². The van der Waals surface area contributed by atoms with Gasteiger partial charge in [-0.25, -0.2) is 0 Å². The quantitative estimate of drug-likeness (QED) is 0.334. The highest BCUT2D eigenvalue weighted by Crippen LogP contribution is 2.36. The number of halogens is 2. The minimum atomic E-state index is -1.80. The predicted molar refractivity (Wildman–Crippen MR) is 52.5 cm³/mol. The Kier molecular flexibility index (Phi) is 2.91. The van der Waals surface area contributed by atoms with Crippen molar-refractivity contribution in [1.82, 2.24) is 0 Å². The molecule has 0 saturated heterocycles. The fourth-order valence-electron chi connectivity index (χ4n) is 0.965. The highest BCUT2D eigenvalue weighted by atomic mass is 79.9. The van der Waals surface area contributed by atoms with Gasteiger partial charge in [0.15, 0.2) is 0 Å². The Morgan fingerprint density at radius 1 is 1.50 bits per heavy atom. The van der Waals surface area contributed by atoms with Gasteiger partial charge in [0.25, 0.3) is 5.70 Å². The van der Waals surface area contributed by atoms with Gasteiger partial charge in [0.1, 0.15) is 0 Å². The summed E-state index contributed by atoms with van der Waals surface area (Å²) in [5, 5.41) is 19.7. The topological polar surface area (TPSA) is 86.3 Å². The molecule has 2 atom stereocenters. The summed E-state index contributed by atoms with van der Waals surface area (Å²) >= 11 is 8.40. The number of alkyl halides is 2. The van der Waals surface area contributed by atoms with Crippen molar-refractivity contribution in [3.05, 3.63) is 44.2 Å². The molecule has 0 aromatic rings. The molecule has 76 valence electrons. The van der Waals surface area contributed by atoms with E-state index in [4.69, 9.17) is 11.6 Å². The van der Waals surface area contributed by atoms with Crippen molar-refractivity contribution in [2.75, 3.05) is 0 Å². The van der Waals surface area contributed by atoms with Gasteiger partial charge in [0.2, 0.25) is 5.38 Å². The van der Waals surface area contributed by atoms with Gasteiger partial charge in [-0.05, 0) is 0 Å². The summed E-state index contributed by atoms with van der Waals surface area (Å²) in [6.45, 7) is 0. The number of nitrogens with zero attached hydrogens (tertiary/aromatic N) is 2. The maximum atomic E-state index is 10.6. The Balaban J connectivity index is 3.11. The molecule has 0 radical (unpaired) electrons. The molecule has 0 aromatic heterocycles. The Morgan fingerprint density at radius 2 is 2.07 bits per heavy atom. The molecule has 6 nitrogen and oxygen atoms in total. The van der Waals surface area contributed by atoms with Gasteiger partial charge in [-0.3, -0.25) is 20.2 Å². The molecule has 0 bridgehead atoms. The van der Waals surface area contributed by atoms with Crippen LogP contribution in [0.4, 0.5) is 0 Å². The number of nitro groups is 2. The van der Waals surface area contributed by atoms with Crippen molar-refractivity contribution in [2.45, 2.75) is 9.83 Å². The monoisotopic (exact) mass is 282 g/mol. The van der Waals surface area contributed by atoms with Crippen molar-refractivity contribution in [2.24, 2.45) is 0 Å². The van der Waals surface area contributed by atoms with Crippen LogP contribution in [0.2, 0.25) is 0 Å². The Labute approximate surface area is 91.7 Å². The second-order valence-electron chi connectivity index (χ2n) is 2.56. The zero-order valence-electron chi connectivity index (χ0n) is 6.59. The average molecular weight is 283 g/mol. The van der Waals surface area contributed by atoms with Gasteiger partial charge in [-0.2, -0.15) is 0 Å². The van der Waals surface area contributed by atoms with E-state index in [2.05, 4.69) is 15.9 Å². The van der Waals surface area contributed by atoms with Crippen molar-refractivity contribution in [3.8, 4) is 0 Å². The van der Waals surface area contributed by atoms with Crippen LogP contribution >= 0.6 is 27.5 Å². The van der Waals surface area contributed by atoms with Crippen LogP contribution in [0.25, 0.3) is 0 Å². The molecule has 0 amide bonds. The molecular weight excluding hydrogens is 279 g/mol. The molecule has 0 aliphatic heterocycles. The van der Waals surface area contributed by atoms with E-state index in [-0.39, 0.29) is 0 Å². The van der Waals surface area contributed by atoms with Gasteiger partial charge in [-0.1, -0.05) is 6.08 Å². The maximum absolute atomic E-state index is 10.6. The summed E-state index contributed by atoms with van der Waals surface area (Å²) in [4.78, 5) is 19.6. The standard InChI is InChI=1S/C6H4BrClN2O4/c7-6(10(13)14)3-1-2-4(5(6)8)9(11)12/h1-3,5H. The largest absolute Gasteiger partial charge is 0.319 e. The van der Waals surface area contributed by atoms with Crippen LogP contribution in [-0.2, 0) is 0 Å². The predicted octanol–water partition coefficient (Wildman–Crippen LogP) is 1.69. The summed E-state index contributed by atoms with van der Waals surface area (Å²) in [6, 6.07) is 0. The highest BCUT2D eigenvalue weighted by molar-refractivity contribution is 9.10. The van der Waals surface area contributed by atoms with E-state index in [9.17, 15) is 20.2 Å². The second-order valence-corrected chi connectivity index (χ2v) is 4.26. The highest BCUT2D eigenvalue weighted by Gasteiger charge is 2.52. The minimum absolute atomic E-state index is 0.400. The number of rotatable bonds is 2. The number of hydrogen-bond acceptors (Lipinski definition) is 4. The summed E-state index contributed by atoms with van der Waals surface area (Å²) in [5.41, 5.74) is -0.400. The third kappa shape index (κ3) is 1.64. The van der Waals surface area contributed by atoms with Gasteiger partial charge in [0, 0.05) is 33.0 Å². The van der Waals surface area contributed by atoms with Crippen LogP contribution < -0.4 is 0 Å². The molecule has 0 saturated carbocycles. The fourth-order valence-corrected chi connectivity index (χ4v) is 1.66. The summed E-state index contributed by atoms with van der Waals surface area (Å²) in [5.74, 6) is 0. The van der Waals surface area contributed by atoms with E-state index >= 15 is 0 Å². The molecule has 2 unspecified atom stereocenters. The van der Waals surface area contributed by atoms with Gasteiger partial charge < -0.3 is 0 Å². The summed E-state index contributed by atoms with van der Waals surface area (Å²) < 4.78 is -1.80. The molecule has 1 rings (SSSR count). The van der Waals surface area contributed by atoms with Crippen LogP contribution in [0, 0.1) is 20.2 Å². The van der Waals surface area contributed by atoms with Crippen LogP contribution in [0.1, 0.15) is 0 Å². The second kappa shape index (κ2) is 3.66. The third-order valence-corrected chi connectivity index (χ3v) is 3.53. The van der Waals surface area contributed by atoms with E-state index in [0.29, 0.717) is 0 Å². The van der Waals surface area contributed by atoms with Gasteiger partial charge in [-0.15, -0.1) is 11.6 Å². The molecule has 0 fully saturated rings. The molecule has 8 heteroatoms. The zero-order chi connectivity index (χ0) is 10.9. The van der Waals surface area contributed by atoms with Crippen molar-refractivity contribution in [1.29, 1.82) is 0 Å². The molecule has 0 spiro atoms. The van der Waals surface area contributed by atoms with E-state index in [1.54, 1.807) is 0 Å². The Morgan fingerprint density at radius 3 is 2.50 bits per heavy atom. The first-order valence-electron chi connectivity index (χ1n) is 3.41. The van der Waals surface area contributed by atoms with Crippen molar-refractivity contribution >= 4 is 27.5 Å². The van der Waals surface area contributed by atoms with E-state index < -0.39 is 25.4 Å². The molecule has 0 N–H and O–H groups in total. The van der Waals surface area contributed by atoms with Crippen molar-refractivity contribution < 1.29 is 9.85 Å². The molecule has 1 aliphatic rings. The van der Waals surface area contributed by atoms with Crippen LogP contribution in [-0.4, -0.2) is 19.7 Å². The first kappa shape index (κ1) is 11.1. The maximum Gasteiger partial charge on any atom is 0.319 e. The minimum Gasteiger partial charge on any atom is -0.263 e. The third-order valence-electron chi connectivity index (χ3n) is 1.70. The number of allylic oxidation sites excluding steroid dienone is 2. The first-order valence-corrected chi connectivity index (χ1v) is 4.64. The van der Waals surface area contributed by atoms with Crippen LogP contribution in [0.5, 0.6) is 0 Å². The molecule has 1 aliphatic carbocycles. The molecule has 14 heavy (non-hydrogen) atoms. The fraction of sp³-hybridized carbons (Fsp3) is 0.333. The van der Waals surface area contributed by atoms with Gasteiger partial charge >= 0.3 is 4.45 Å². The zero-order valence-corrected chi connectivity index (χ0v) is 8.93. The smallest absolute Gasteiger partial charge is 0.263 e. The van der Waals surface area contributed by atoms with E-state index in [1.165, 1.54) is 6.08 Å². The lowest BCUT2D eigenvalue weighted by Crippen LogP contribution is -2.42. The van der Waals surface area contributed by atoms with E-state index in [1.807, 2.05) is 0 Å². The summed E-state index contributed by atoms with van der Waals surface area (Å²) in [7, 11) is 0. The van der Waals surface area contributed by atoms with E-state index in [0.717, 1.165) is 12.2 Å². The lowest BCUT2D eigenvalue weighted by atomic mass is 10.1. The SMILES string of the molecule is O=[N+]([O-])C1=CC=CC(Br)([N+](=O)[O-])C1Cl. The Hall–Kier alpha value is -0.950. The first-order chi connectivity index (χ1) is 6.39. The average Bonchev–Trinajstić information content (AvgIpc) is 2.09. The van der Waals surface area contributed by atoms with Crippen LogP contribution in [0.3, 0.4) is 0 Å². The number of hydrogen-bond donors (Lipinski definition) is 0. The molecular formula is C6H4BrClN2O4. The normalized spacial score (nSPS) is 31.0. The van der Waals surface area contributed by atoms with Gasteiger partial charge in [0.05, 0.1) is 4.92 Å². The summed E-state index contributed by atoms with van der Waals surface area (Å²) in [6.07, 6.45) is 3.53.